The third-order valence-electron chi connectivity index (χ3n) is 9.86. The molecule has 0 saturated carbocycles. The van der Waals surface area contributed by atoms with E-state index in [0.29, 0.717) is 34.6 Å². The average molecular weight is 906 g/mol. The Bertz CT molecular complexity index is 2540. The van der Waals surface area contributed by atoms with E-state index in [4.69, 9.17) is 14.0 Å². The van der Waals surface area contributed by atoms with Crippen LogP contribution in [-0.2, 0) is 60.8 Å². The van der Waals surface area contributed by atoms with E-state index >= 15 is 0 Å². The number of carbonyl (C=O) groups excluding carboxylic acids is 2. The van der Waals surface area contributed by atoms with E-state index in [2.05, 4.69) is 0 Å². The fourth-order valence-corrected chi connectivity index (χ4v) is 9.44. The van der Waals surface area contributed by atoms with Gasteiger partial charge in [-0.25, -0.2) is 9.59 Å². The first-order valence-electron chi connectivity index (χ1n) is 18.4. The molecule has 0 atom stereocenters. The lowest BCUT2D eigenvalue weighted by atomic mass is 9.78. The number of carbonyl (C=O) groups is 2. The summed E-state index contributed by atoms with van der Waals surface area (Å²) in [5, 5.41) is 0. The molecule has 0 bridgehead atoms. The van der Waals surface area contributed by atoms with Crippen molar-refractivity contribution in [3.63, 3.8) is 0 Å². The number of allylic oxidation sites excluding steroid dienone is 4. The Morgan fingerprint density at radius 1 is 0.746 bits per heavy atom. The highest BCUT2D eigenvalue weighted by molar-refractivity contribution is 7.86. The summed E-state index contributed by atoms with van der Waals surface area (Å²) in [6.45, 7) is 8.61. The Morgan fingerprint density at radius 2 is 1.32 bits per heavy atom. The van der Waals surface area contributed by atoms with E-state index in [-0.39, 0.29) is 55.8 Å². The highest BCUT2D eigenvalue weighted by Crippen LogP contribution is 2.51. The van der Waals surface area contributed by atoms with Gasteiger partial charge < -0.3 is 14.4 Å². The summed E-state index contributed by atoms with van der Waals surface area (Å²) in [6.07, 6.45) is 5.09. The normalized spacial score (nSPS) is 17.1. The van der Waals surface area contributed by atoms with E-state index in [0.717, 1.165) is 12.1 Å². The molecular formula is C37H49N2O16S4+. The first-order valence-corrected chi connectivity index (χ1v) is 24.7. The summed E-state index contributed by atoms with van der Waals surface area (Å²) in [7, 11) is -18.1. The van der Waals surface area contributed by atoms with Gasteiger partial charge in [0.1, 0.15) is 6.54 Å². The minimum atomic E-state index is -4.96. The zero-order chi connectivity index (χ0) is 44.4. The van der Waals surface area contributed by atoms with Crippen LogP contribution in [0.25, 0.3) is 0 Å². The number of hydrogen-bond acceptors (Lipinski definition) is 13. The number of rotatable bonds is 19. The van der Waals surface area contributed by atoms with Gasteiger partial charge in [0.15, 0.2) is 5.71 Å². The lowest BCUT2D eigenvalue weighted by molar-refractivity contribution is -0.437. The molecule has 59 heavy (non-hydrogen) atoms. The standard InChI is InChI=1S/C37H48N2O16S4/c1-6-18-54-34(40)26-12-7-13-28-32(26)36(2,3)30(38(28)16-9-20-56(42,43)44)14-8-15-31-37(4,5)33-27(35(41)55-19-11-22-58(48,49)50)23-25(59(51,52)53)24-29(33)39(31)17-10-21-57(45,46)47/h7-8,12-15,23-24H,6,9-11,16-22H2,1-5H3,(H3-,42,43,44,45,46,47,48,49,50,51,52,53)/p+1. The van der Waals surface area contributed by atoms with Crippen LogP contribution in [0.1, 0.15) is 92.1 Å². The number of hydrogen-bond donors (Lipinski definition) is 4. The van der Waals surface area contributed by atoms with Gasteiger partial charge in [-0.2, -0.15) is 38.2 Å². The van der Waals surface area contributed by atoms with Crippen molar-refractivity contribution >= 4 is 69.5 Å². The molecule has 4 rings (SSSR count). The van der Waals surface area contributed by atoms with Crippen LogP contribution in [0.3, 0.4) is 0 Å². The molecule has 0 amide bonds. The second kappa shape index (κ2) is 17.9. The predicted molar refractivity (Wildman–Crippen MR) is 217 cm³/mol. The molecule has 0 radical (unpaired) electrons. The monoisotopic (exact) mass is 905 g/mol. The van der Waals surface area contributed by atoms with Crippen molar-refractivity contribution < 1.29 is 75.5 Å². The topological polar surface area (TPSA) is 276 Å². The van der Waals surface area contributed by atoms with Crippen molar-refractivity contribution in [2.45, 2.75) is 76.0 Å². The number of fused-ring (bicyclic) bond motifs is 2. The fourth-order valence-electron chi connectivity index (χ4n) is 7.44. The summed E-state index contributed by atoms with van der Waals surface area (Å²) in [4.78, 5) is 27.7. The smallest absolute Gasteiger partial charge is 0.338 e. The van der Waals surface area contributed by atoms with E-state index in [1.54, 1.807) is 50.3 Å². The zero-order valence-electron chi connectivity index (χ0n) is 33.1. The molecule has 0 aromatic heterocycles. The Morgan fingerprint density at radius 3 is 1.92 bits per heavy atom. The third-order valence-corrected chi connectivity index (χ3v) is 13.1. The van der Waals surface area contributed by atoms with Gasteiger partial charge >= 0.3 is 11.9 Å². The maximum absolute atomic E-state index is 13.6. The van der Waals surface area contributed by atoms with E-state index in [1.807, 2.05) is 25.3 Å². The van der Waals surface area contributed by atoms with Gasteiger partial charge in [-0.1, -0.05) is 32.9 Å². The van der Waals surface area contributed by atoms with Crippen LogP contribution in [0.2, 0.25) is 0 Å². The highest BCUT2D eigenvalue weighted by Gasteiger charge is 2.48. The molecule has 0 spiro atoms. The van der Waals surface area contributed by atoms with Crippen molar-refractivity contribution in [2.75, 3.05) is 48.5 Å². The molecule has 0 fully saturated rings. The lowest BCUT2D eigenvalue weighted by Gasteiger charge is -2.27. The van der Waals surface area contributed by atoms with E-state index in [1.165, 1.54) is 4.90 Å². The molecule has 326 valence electrons. The van der Waals surface area contributed by atoms with Crippen LogP contribution in [0.4, 0.5) is 11.4 Å². The Balaban J connectivity index is 1.90. The molecule has 18 nitrogen and oxygen atoms in total. The highest BCUT2D eigenvalue weighted by atomic mass is 32.2. The fraction of sp³-hybridized carbons (Fsp3) is 0.486. The van der Waals surface area contributed by atoms with Gasteiger partial charge in [0, 0.05) is 47.5 Å². The van der Waals surface area contributed by atoms with Crippen molar-refractivity contribution in [1.29, 1.82) is 0 Å². The number of anilines is 1. The molecule has 2 aliphatic rings. The van der Waals surface area contributed by atoms with Crippen LogP contribution in [0.15, 0.2) is 59.2 Å². The van der Waals surface area contributed by atoms with Gasteiger partial charge in [0.25, 0.3) is 40.5 Å². The van der Waals surface area contributed by atoms with Crippen molar-refractivity contribution in [2.24, 2.45) is 0 Å². The summed E-state index contributed by atoms with van der Waals surface area (Å²) in [5.74, 6) is -3.58. The van der Waals surface area contributed by atoms with Crippen LogP contribution in [-0.4, -0.2) is 118 Å². The number of benzene rings is 2. The van der Waals surface area contributed by atoms with Gasteiger partial charge in [0.05, 0.1) is 57.5 Å². The quantitative estimate of drug-likeness (QED) is 0.0668. The molecule has 0 saturated heterocycles. The average Bonchev–Trinajstić information content (AvgIpc) is 3.45. The van der Waals surface area contributed by atoms with Crippen LogP contribution in [0.5, 0.6) is 0 Å². The summed E-state index contributed by atoms with van der Waals surface area (Å²) in [5.41, 5.74) is 0.382. The Hall–Kier alpha value is -4.03. The van der Waals surface area contributed by atoms with Gasteiger partial charge in [0.2, 0.25) is 5.69 Å². The van der Waals surface area contributed by atoms with E-state index in [9.17, 15) is 56.9 Å². The molecule has 0 aliphatic carbocycles. The SMILES string of the molecule is CCCOC(=O)c1cccc2c1C(C)(C)C(/C=C/C=C1/N(CCCS(=O)(=O)O)c3cc(S(=O)(=O)O)cc(C(=O)OCCCS(=O)(=O)O)c3C1(C)C)=[N+]2CCCS(=O)(=O)O. The molecular weight excluding hydrogens is 857 g/mol. The first-order chi connectivity index (χ1) is 27.1. The lowest BCUT2D eigenvalue weighted by Crippen LogP contribution is -2.30. The van der Waals surface area contributed by atoms with Gasteiger partial charge in [-0.05, 0) is 57.4 Å². The second-order valence-corrected chi connectivity index (χ2v) is 21.2. The van der Waals surface area contributed by atoms with Crippen molar-refractivity contribution in [3.05, 3.63) is 76.5 Å². The molecule has 2 aromatic carbocycles. The zero-order valence-corrected chi connectivity index (χ0v) is 36.4. The number of esters is 2. The first kappa shape index (κ1) is 47.6. The summed E-state index contributed by atoms with van der Waals surface area (Å²) in [6, 6.07) is 7.07. The maximum atomic E-state index is 13.6. The molecule has 2 aliphatic heterocycles. The molecule has 2 aromatic rings. The number of nitrogens with zero attached hydrogens (tertiary/aromatic N) is 2. The van der Waals surface area contributed by atoms with Gasteiger partial charge in [-0.15, -0.1) is 0 Å². The molecule has 2 heterocycles. The van der Waals surface area contributed by atoms with Crippen LogP contribution >= 0.6 is 0 Å². The minimum absolute atomic E-state index is 0.00591. The minimum Gasteiger partial charge on any atom is -0.462 e. The van der Waals surface area contributed by atoms with Crippen molar-refractivity contribution in [1.82, 2.24) is 0 Å². The largest absolute Gasteiger partial charge is 0.462 e. The van der Waals surface area contributed by atoms with Crippen LogP contribution in [0, 0.1) is 0 Å². The third kappa shape index (κ3) is 11.6. The summed E-state index contributed by atoms with van der Waals surface area (Å²) >= 11 is 0. The molecule has 0 unspecified atom stereocenters. The Kier molecular flexibility index (Phi) is 14.5. The molecule has 4 N–H and O–H groups in total. The number of ether oxygens (including phenoxy) is 2. The molecule has 22 heteroatoms. The second-order valence-electron chi connectivity index (χ2n) is 15.1. The summed E-state index contributed by atoms with van der Waals surface area (Å²) < 4.78 is 145. The Labute approximate surface area is 344 Å². The van der Waals surface area contributed by atoms with E-state index < -0.39 is 92.0 Å². The predicted octanol–water partition coefficient (Wildman–Crippen LogP) is 4.10. The van der Waals surface area contributed by atoms with Gasteiger partial charge in [-0.3, -0.25) is 18.2 Å². The van der Waals surface area contributed by atoms with Crippen LogP contribution < -0.4 is 4.90 Å². The van der Waals surface area contributed by atoms with Crippen molar-refractivity contribution in [3.8, 4) is 0 Å². The maximum Gasteiger partial charge on any atom is 0.338 e.